The van der Waals surface area contributed by atoms with Gasteiger partial charge in [-0.1, -0.05) is 11.6 Å². The summed E-state index contributed by atoms with van der Waals surface area (Å²) in [4.78, 5) is 13.7. The Morgan fingerprint density at radius 1 is 1.00 bits per heavy atom. The fraction of sp³-hybridized carbons (Fsp3) is 0.167. The van der Waals surface area contributed by atoms with Gasteiger partial charge in [0.2, 0.25) is 5.88 Å². The summed E-state index contributed by atoms with van der Waals surface area (Å²) in [6.07, 6.45) is 1.62. The highest BCUT2D eigenvalue weighted by Crippen LogP contribution is 2.38. The molecule has 0 atom stereocenters. The summed E-state index contributed by atoms with van der Waals surface area (Å²) in [6.45, 7) is 2.03. The van der Waals surface area contributed by atoms with Gasteiger partial charge in [0, 0.05) is 11.6 Å². The number of rotatable bonds is 3. The maximum absolute atomic E-state index is 6.22. The Morgan fingerprint density at radius 2 is 1.84 bits per heavy atom. The number of benzene rings is 2. The first-order chi connectivity index (χ1) is 12.1. The molecule has 7 heteroatoms. The lowest BCUT2D eigenvalue weighted by atomic mass is 10.1. The molecule has 25 heavy (non-hydrogen) atoms. The second-order valence-electron chi connectivity index (χ2n) is 5.57. The SMILES string of the molecule is COc1cnc2c(-c3nc4cc(Cl)c(OC)cc4s3)cc(C)cc2n1. The summed E-state index contributed by atoms with van der Waals surface area (Å²) in [7, 11) is 3.18. The maximum Gasteiger partial charge on any atom is 0.232 e. The lowest BCUT2D eigenvalue weighted by molar-refractivity contribution is 0.397. The lowest BCUT2D eigenvalue weighted by Crippen LogP contribution is -1.93. The van der Waals surface area contributed by atoms with Gasteiger partial charge in [-0.25, -0.2) is 15.0 Å². The molecule has 0 radical (unpaired) electrons. The average Bonchev–Trinajstić information content (AvgIpc) is 3.02. The molecule has 4 aromatic rings. The van der Waals surface area contributed by atoms with Gasteiger partial charge in [0.05, 0.1) is 46.7 Å². The minimum absolute atomic E-state index is 0.491. The molecule has 0 bridgehead atoms. The van der Waals surface area contributed by atoms with Gasteiger partial charge < -0.3 is 9.47 Å². The Bertz CT molecular complexity index is 1110. The molecule has 0 spiro atoms. The van der Waals surface area contributed by atoms with Crippen molar-refractivity contribution in [1.29, 1.82) is 0 Å². The van der Waals surface area contributed by atoms with E-state index in [2.05, 4.69) is 16.0 Å². The fourth-order valence-electron chi connectivity index (χ4n) is 2.71. The first kappa shape index (κ1) is 16.1. The Morgan fingerprint density at radius 3 is 2.60 bits per heavy atom. The highest BCUT2D eigenvalue weighted by molar-refractivity contribution is 7.21. The van der Waals surface area contributed by atoms with Crippen molar-refractivity contribution in [3.8, 4) is 22.2 Å². The number of aryl methyl sites for hydroxylation is 1. The van der Waals surface area contributed by atoms with E-state index < -0.39 is 0 Å². The van der Waals surface area contributed by atoms with Gasteiger partial charge in [0.25, 0.3) is 0 Å². The van der Waals surface area contributed by atoms with Crippen LogP contribution in [0.2, 0.25) is 5.02 Å². The molecule has 0 saturated carbocycles. The van der Waals surface area contributed by atoms with Crippen molar-refractivity contribution < 1.29 is 9.47 Å². The Hall–Kier alpha value is -2.44. The second-order valence-corrected chi connectivity index (χ2v) is 7.00. The summed E-state index contributed by atoms with van der Waals surface area (Å²) in [5.74, 6) is 1.13. The third-order valence-electron chi connectivity index (χ3n) is 3.87. The van der Waals surface area contributed by atoms with Gasteiger partial charge in [0.15, 0.2) is 0 Å². The van der Waals surface area contributed by atoms with Crippen molar-refractivity contribution >= 4 is 44.2 Å². The molecule has 0 aliphatic carbocycles. The molecular weight excluding hydrogens is 358 g/mol. The van der Waals surface area contributed by atoms with Gasteiger partial charge >= 0.3 is 0 Å². The summed E-state index contributed by atoms with van der Waals surface area (Å²) in [6, 6.07) is 7.79. The Balaban J connectivity index is 1.96. The zero-order valence-electron chi connectivity index (χ0n) is 13.8. The van der Waals surface area contributed by atoms with Crippen molar-refractivity contribution in [1.82, 2.24) is 15.0 Å². The molecule has 126 valence electrons. The molecule has 0 fully saturated rings. The molecular formula is C18H14ClN3O2S. The second kappa shape index (κ2) is 6.13. The van der Waals surface area contributed by atoms with Gasteiger partial charge in [-0.15, -0.1) is 11.3 Å². The molecule has 0 N–H and O–H groups in total. The zero-order chi connectivity index (χ0) is 17.6. The van der Waals surface area contributed by atoms with Crippen molar-refractivity contribution in [3.63, 3.8) is 0 Å². The molecule has 2 heterocycles. The van der Waals surface area contributed by atoms with E-state index in [0.29, 0.717) is 16.7 Å². The van der Waals surface area contributed by atoms with E-state index in [-0.39, 0.29) is 0 Å². The first-order valence-electron chi connectivity index (χ1n) is 7.55. The van der Waals surface area contributed by atoms with Crippen LogP contribution in [0.25, 0.3) is 31.8 Å². The van der Waals surface area contributed by atoms with E-state index in [0.717, 1.165) is 37.4 Å². The van der Waals surface area contributed by atoms with Crippen molar-refractivity contribution in [2.75, 3.05) is 14.2 Å². The molecule has 0 amide bonds. The quantitative estimate of drug-likeness (QED) is 0.513. The molecule has 0 aliphatic rings. The predicted octanol–water partition coefficient (Wildman–Crippen LogP) is 4.89. The van der Waals surface area contributed by atoms with Crippen LogP contribution in [0.1, 0.15) is 5.56 Å². The maximum atomic E-state index is 6.22. The smallest absolute Gasteiger partial charge is 0.232 e. The molecule has 0 saturated heterocycles. The standard InChI is InChI=1S/C18H14ClN3O2S/c1-9-4-10(17-13(5-9)21-16(24-3)8-20-17)18-22-12-6-11(19)14(23-2)7-15(12)25-18/h4-8H,1-3H3. The number of halogens is 1. The summed E-state index contributed by atoms with van der Waals surface area (Å²) in [5, 5.41) is 1.41. The van der Waals surface area contributed by atoms with Crippen molar-refractivity contribution in [2.45, 2.75) is 6.92 Å². The first-order valence-corrected chi connectivity index (χ1v) is 8.74. The van der Waals surface area contributed by atoms with E-state index >= 15 is 0 Å². The third-order valence-corrected chi connectivity index (χ3v) is 5.22. The van der Waals surface area contributed by atoms with Gasteiger partial charge in [0.1, 0.15) is 10.8 Å². The fourth-order valence-corrected chi connectivity index (χ4v) is 3.94. The topological polar surface area (TPSA) is 57.1 Å². The highest BCUT2D eigenvalue weighted by atomic mass is 35.5. The summed E-state index contributed by atoms with van der Waals surface area (Å²) >= 11 is 7.79. The van der Waals surface area contributed by atoms with E-state index in [4.69, 9.17) is 26.1 Å². The number of fused-ring (bicyclic) bond motifs is 2. The minimum Gasteiger partial charge on any atom is -0.495 e. The van der Waals surface area contributed by atoms with Crippen LogP contribution in [0.5, 0.6) is 11.6 Å². The number of thiazole rings is 1. The monoisotopic (exact) mass is 371 g/mol. The molecule has 2 aromatic heterocycles. The molecule has 0 aliphatic heterocycles. The van der Waals surface area contributed by atoms with Crippen LogP contribution in [0.3, 0.4) is 0 Å². The van der Waals surface area contributed by atoms with Crippen LogP contribution in [-0.2, 0) is 0 Å². The van der Waals surface area contributed by atoms with Crippen molar-refractivity contribution in [2.24, 2.45) is 0 Å². The number of methoxy groups -OCH3 is 2. The van der Waals surface area contributed by atoms with E-state index in [1.54, 1.807) is 31.8 Å². The lowest BCUT2D eigenvalue weighted by Gasteiger charge is -2.06. The normalized spacial score (nSPS) is 11.2. The predicted molar refractivity (Wildman–Crippen MR) is 101 cm³/mol. The Labute approximate surface area is 153 Å². The minimum atomic E-state index is 0.491. The van der Waals surface area contributed by atoms with Crippen LogP contribution < -0.4 is 9.47 Å². The largest absolute Gasteiger partial charge is 0.495 e. The van der Waals surface area contributed by atoms with Crippen LogP contribution in [0, 0.1) is 6.92 Å². The number of ether oxygens (including phenoxy) is 2. The number of aromatic nitrogens is 3. The summed E-state index contributed by atoms with van der Waals surface area (Å²) in [5.41, 5.74) is 4.44. The van der Waals surface area contributed by atoms with Gasteiger partial charge in [-0.05, 0) is 30.7 Å². The van der Waals surface area contributed by atoms with Crippen LogP contribution in [0.15, 0.2) is 30.5 Å². The molecule has 5 nitrogen and oxygen atoms in total. The summed E-state index contributed by atoms with van der Waals surface area (Å²) < 4.78 is 11.5. The van der Waals surface area contributed by atoms with Crippen molar-refractivity contribution in [3.05, 3.63) is 41.0 Å². The highest BCUT2D eigenvalue weighted by Gasteiger charge is 2.15. The van der Waals surface area contributed by atoms with E-state index in [1.807, 2.05) is 25.1 Å². The molecule has 2 aromatic carbocycles. The number of hydrogen-bond acceptors (Lipinski definition) is 6. The van der Waals surface area contributed by atoms with Gasteiger partial charge in [-0.3, -0.25) is 0 Å². The van der Waals surface area contributed by atoms with Crippen LogP contribution in [-0.4, -0.2) is 29.2 Å². The molecule has 4 rings (SSSR count). The molecule has 0 unspecified atom stereocenters. The third kappa shape index (κ3) is 2.77. The van der Waals surface area contributed by atoms with Crippen LogP contribution >= 0.6 is 22.9 Å². The van der Waals surface area contributed by atoms with E-state index in [9.17, 15) is 0 Å². The Kier molecular flexibility index (Phi) is 3.94. The number of nitrogens with zero attached hydrogens (tertiary/aromatic N) is 3. The average molecular weight is 372 g/mol. The van der Waals surface area contributed by atoms with E-state index in [1.165, 1.54) is 0 Å². The zero-order valence-corrected chi connectivity index (χ0v) is 15.4. The van der Waals surface area contributed by atoms with Crippen LogP contribution in [0.4, 0.5) is 0 Å². The number of hydrogen-bond donors (Lipinski definition) is 0. The van der Waals surface area contributed by atoms with Gasteiger partial charge in [-0.2, -0.15) is 0 Å².